The van der Waals surface area contributed by atoms with Gasteiger partial charge in [-0.3, -0.25) is 33.6 Å². The number of carbonyl (C=O) groups is 8. The van der Waals surface area contributed by atoms with E-state index in [1.165, 1.54) is 33.0 Å². The SMILES string of the molecule is CNC(CC(C)C)C(=O)NC1C(=O)NC(CC(N)=O)C(=O)NC2C(=O)NC3C(=O)NC(C(=O)NC(C(=O)O)c4cc(O)cc(O)c4-c4cc3ccc4O)C(O)c3ccc(c(Cl)c3)Oc3cc2cc(c3OC2OC(CO)C(O)C(O)C2OC2CC(C)(N)C(O)C(C)O2)Oc2ccc(cc2Cl)C1O.O=P(O)(O)O.O=P(O)(O)O. The number of aromatic hydroxyl groups is 3. The van der Waals surface area contributed by atoms with Crippen LogP contribution in [-0.4, -0.2) is 220 Å². The van der Waals surface area contributed by atoms with Gasteiger partial charge in [-0.05, 0) is 110 Å². The highest BCUT2D eigenvalue weighted by Gasteiger charge is 2.52. The molecule has 11 bridgehead atoms. The van der Waals surface area contributed by atoms with Crippen LogP contribution in [0.5, 0.6) is 46.0 Å². The van der Waals surface area contributed by atoms with Crippen LogP contribution in [0.15, 0.2) is 78.9 Å². The zero-order valence-electron chi connectivity index (χ0n) is 58.7. The van der Waals surface area contributed by atoms with E-state index in [-0.39, 0.29) is 46.2 Å². The minimum Gasteiger partial charge on any atom is -0.508 e. The van der Waals surface area contributed by atoms with Gasteiger partial charge in [-0.1, -0.05) is 55.2 Å². The summed E-state index contributed by atoms with van der Waals surface area (Å²) in [6.07, 6.45) is -18.6. The summed E-state index contributed by atoms with van der Waals surface area (Å²) in [5.41, 5.74) is 8.00. The zero-order chi connectivity index (χ0) is 82.5. The van der Waals surface area contributed by atoms with Gasteiger partial charge in [0.05, 0.1) is 41.3 Å². The van der Waals surface area contributed by atoms with Gasteiger partial charge in [-0.15, -0.1) is 0 Å². The Morgan fingerprint density at radius 1 is 0.685 bits per heavy atom. The third kappa shape index (κ3) is 21.8. The van der Waals surface area contributed by atoms with Gasteiger partial charge in [0.25, 0.3) is 0 Å². The molecular formula is C66H81Cl2N9O32P2. The second-order valence-electron chi connectivity index (χ2n) is 26.7. The minimum absolute atomic E-state index is 0.0975. The van der Waals surface area contributed by atoms with Gasteiger partial charge in [-0.25, -0.2) is 13.9 Å². The fourth-order valence-corrected chi connectivity index (χ4v) is 12.9. The zero-order valence-corrected chi connectivity index (χ0v) is 62.0. The van der Waals surface area contributed by atoms with Crippen molar-refractivity contribution >= 4 is 86.2 Å². The van der Waals surface area contributed by atoms with E-state index in [0.29, 0.717) is 0 Å². The number of rotatable bonds is 13. The van der Waals surface area contributed by atoms with Crippen molar-refractivity contribution in [2.45, 2.75) is 156 Å². The van der Waals surface area contributed by atoms with Crippen molar-refractivity contribution < 1.29 is 156 Å². The molecule has 7 aliphatic heterocycles. The Balaban J connectivity index is 0.00000145. The number of phenolic OH excluding ortho intramolecular Hbond substituents is 3. The number of carboxylic acids is 1. The van der Waals surface area contributed by atoms with Gasteiger partial charge in [0.1, 0.15) is 89.5 Å². The maximum atomic E-state index is 16.0. The molecule has 5 aromatic rings. The molecule has 12 rings (SSSR count). The number of ether oxygens (including phenoxy) is 6. The first-order chi connectivity index (χ1) is 51.7. The third-order valence-corrected chi connectivity index (χ3v) is 18.4. The molecule has 7 heterocycles. The highest BCUT2D eigenvalue weighted by atomic mass is 35.5. The molecule has 27 N–H and O–H groups in total. The van der Waals surface area contributed by atoms with Crippen molar-refractivity contribution in [1.29, 1.82) is 0 Å². The van der Waals surface area contributed by atoms with Crippen LogP contribution in [0, 0.1) is 5.92 Å². The van der Waals surface area contributed by atoms with Crippen LogP contribution in [0.4, 0.5) is 0 Å². The second kappa shape index (κ2) is 35.8. The number of aliphatic carboxylic acids is 1. The molecule has 18 atom stereocenters. The minimum atomic E-state index is -4.64. The van der Waals surface area contributed by atoms with Crippen molar-refractivity contribution in [2.75, 3.05) is 13.7 Å². The van der Waals surface area contributed by atoms with Crippen molar-refractivity contribution in [3.05, 3.63) is 117 Å². The average Bonchev–Trinajstić information content (AvgIpc) is 0.766. The number of aliphatic hydroxyl groups is 6. The summed E-state index contributed by atoms with van der Waals surface area (Å²) in [6.45, 7) is 5.66. The summed E-state index contributed by atoms with van der Waals surface area (Å²) in [5, 5.41) is 131. The Bertz CT molecular complexity index is 4420. The number of aliphatic hydroxyl groups excluding tert-OH is 6. The molecule has 18 unspecified atom stereocenters. The summed E-state index contributed by atoms with van der Waals surface area (Å²) < 4.78 is 56.1. The maximum absolute atomic E-state index is 16.0. The predicted octanol–water partition coefficient (Wildman–Crippen LogP) is -1.75. The molecule has 0 saturated carbocycles. The molecule has 606 valence electrons. The van der Waals surface area contributed by atoms with Gasteiger partial charge in [0.15, 0.2) is 29.9 Å². The Morgan fingerprint density at radius 2 is 1.23 bits per heavy atom. The van der Waals surface area contributed by atoms with E-state index in [9.17, 15) is 75.0 Å². The lowest BCUT2D eigenvalue weighted by atomic mass is 9.86. The fourth-order valence-electron chi connectivity index (χ4n) is 12.5. The van der Waals surface area contributed by atoms with Gasteiger partial charge in [0.2, 0.25) is 53.4 Å². The number of halogens is 2. The van der Waals surface area contributed by atoms with E-state index in [1.54, 1.807) is 0 Å². The quantitative estimate of drug-likeness (QED) is 0.0581. The standard InChI is InChI=1S/C66H75Cl2N9O24.2H3O4P/c1-23(2)12-34(71-5)58(88)76-49-51(83)26-7-10-38(32(67)14-26)97-40-16-28-17-41(55(40)101-65-56(54(86)53(85)42(22-78)99-65)100-44-21-66(4,70)57(87)24(3)96-44)98-39-11-8-27(15-33(39)68)52(84)50-63(93)75-48(64(94)95)31-18-29(79)19-37(81)45(31)30-13-25(6-9-36(30)80)46(60(90)77-50)74-61(91)47(28)73-59(89)35(20-43(69)82)72-62(49)92;2*1-5(2,3)4/h6-11,13-19,23-24,34-35,42,44,46-54,56-57,65,71,78-81,83-87H,12,20-22,70H2,1-5H3,(H2,69,82)(H,72,92)(H,73,89)(H,74,91)(H,75,93)(H,76,88)(H,77,90)(H,94,95);2*(H3,1,2,3,4). The number of hydrogen-bond donors (Lipinski definition) is 25. The number of phosphoric acid groups is 2. The highest BCUT2D eigenvalue weighted by Crippen LogP contribution is 2.50. The number of phenols is 3. The molecule has 0 radical (unpaired) electrons. The van der Waals surface area contributed by atoms with Gasteiger partial charge >= 0.3 is 21.6 Å². The van der Waals surface area contributed by atoms with Crippen LogP contribution in [0.25, 0.3) is 11.1 Å². The molecule has 7 aliphatic rings. The largest absolute Gasteiger partial charge is 0.508 e. The molecule has 2 fully saturated rings. The predicted molar refractivity (Wildman–Crippen MR) is 378 cm³/mol. The Morgan fingerprint density at radius 3 is 1.77 bits per heavy atom. The van der Waals surface area contributed by atoms with Crippen molar-refractivity contribution in [3.63, 3.8) is 0 Å². The van der Waals surface area contributed by atoms with E-state index >= 15 is 14.4 Å². The van der Waals surface area contributed by atoms with Gasteiger partial charge in [0, 0.05) is 34.7 Å². The number of nitrogens with two attached hydrogens (primary N) is 2. The van der Waals surface area contributed by atoms with E-state index in [1.807, 2.05) is 13.8 Å². The highest BCUT2D eigenvalue weighted by molar-refractivity contribution is 7.45. The van der Waals surface area contributed by atoms with Gasteiger partial charge in [-0.2, -0.15) is 0 Å². The Hall–Kier alpha value is -8.98. The van der Waals surface area contributed by atoms with Gasteiger partial charge < -0.3 is 158 Å². The molecule has 0 aromatic heterocycles. The number of benzene rings is 5. The lowest BCUT2D eigenvalue weighted by Crippen LogP contribution is -2.64. The van der Waals surface area contributed by atoms with E-state index < -0.39 is 253 Å². The Kier molecular flexibility index (Phi) is 28.3. The van der Waals surface area contributed by atoms with Crippen LogP contribution < -0.4 is 62.9 Å². The second-order valence-corrected chi connectivity index (χ2v) is 29.6. The summed E-state index contributed by atoms with van der Waals surface area (Å²) in [6, 6.07) is -0.679. The molecule has 0 spiro atoms. The number of hydrogen-bond acceptors (Lipinski definition) is 27. The first kappa shape index (κ1) is 87.6. The monoisotopic (exact) mass is 1640 g/mol. The van der Waals surface area contributed by atoms with E-state index in [4.69, 9.17) is 102 Å². The summed E-state index contributed by atoms with van der Waals surface area (Å²) in [5.74, 6) is -16.0. The summed E-state index contributed by atoms with van der Waals surface area (Å²) in [4.78, 5) is 160. The van der Waals surface area contributed by atoms with Crippen molar-refractivity contribution in [3.8, 4) is 57.1 Å². The Labute approximate surface area is 638 Å². The molecule has 2 saturated heterocycles. The number of amides is 7. The molecular weight excluding hydrogens is 1560 g/mol. The first-order valence-corrected chi connectivity index (χ1v) is 37.1. The number of carboxylic acid groups (broad SMARTS) is 1. The number of fused-ring (bicyclic) bond motifs is 15. The first-order valence-electron chi connectivity index (χ1n) is 33.2. The maximum Gasteiger partial charge on any atom is 0.466 e. The van der Waals surface area contributed by atoms with Crippen LogP contribution in [0.3, 0.4) is 0 Å². The topological polar surface area (TPSA) is 686 Å². The molecule has 45 heteroatoms. The van der Waals surface area contributed by atoms with Crippen LogP contribution in [-0.2, 0) is 61.7 Å². The molecule has 7 amide bonds. The van der Waals surface area contributed by atoms with Crippen molar-refractivity contribution in [1.82, 2.24) is 37.2 Å². The van der Waals surface area contributed by atoms with Crippen LogP contribution >= 0.6 is 38.8 Å². The number of primary amides is 1. The number of nitrogens with one attached hydrogen (secondary N) is 7. The molecule has 5 aromatic carbocycles. The van der Waals surface area contributed by atoms with Crippen LogP contribution in [0.2, 0.25) is 10.0 Å². The van der Waals surface area contributed by atoms with E-state index in [2.05, 4.69) is 37.2 Å². The smallest absolute Gasteiger partial charge is 0.466 e. The lowest BCUT2D eigenvalue weighted by molar-refractivity contribution is -0.333. The lowest BCUT2D eigenvalue weighted by Gasteiger charge is -2.47. The van der Waals surface area contributed by atoms with Crippen molar-refractivity contribution in [2.24, 2.45) is 17.4 Å². The molecule has 41 nitrogen and oxygen atoms in total. The summed E-state index contributed by atoms with van der Waals surface area (Å²) in [7, 11) is -7.81. The number of carbonyl (C=O) groups excluding carboxylic acids is 7. The van der Waals surface area contributed by atoms with Crippen LogP contribution in [0.1, 0.15) is 105 Å². The average molecular weight is 1650 g/mol. The summed E-state index contributed by atoms with van der Waals surface area (Å²) >= 11 is 14.1. The normalized spacial score (nSPS) is 27.8. The van der Waals surface area contributed by atoms with E-state index in [0.717, 1.165) is 66.7 Å². The number of likely N-dealkylation sites (N-methyl/N-ethyl adjacent to an activating group) is 1. The molecule has 0 aliphatic carbocycles. The third-order valence-electron chi connectivity index (χ3n) is 17.8. The fraction of sp³-hybridized carbons (Fsp3) is 0.424. The molecule has 111 heavy (non-hydrogen) atoms.